The molecule has 0 fully saturated rings. The highest BCUT2D eigenvalue weighted by Crippen LogP contribution is 2.33. The highest BCUT2D eigenvalue weighted by atomic mass is 16.5. The first-order valence-electron chi connectivity index (χ1n) is 8.44. The molecule has 0 spiro atoms. The molecule has 0 aliphatic carbocycles. The first-order chi connectivity index (χ1) is 13.0. The molecule has 0 saturated carbocycles. The van der Waals surface area contributed by atoms with Gasteiger partial charge in [0.2, 0.25) is 0 Å². The number of hydrogen-bond acceptors (Lipinski definition) is 5. The third-order valence-electron chi connectivity index (χ3n) is 4.31. The van der Waals surface area contributed by atoms with Gasteiger partial charge in [0.15, 0.2) is 0 Å². The zero-order chi connectivity index (χ0) is 19.4. The molecule has 1 amide bonds. The predicted octanol–water partition coefficient (Wildman–Crippen LogP) is 3.84. The molecule has 3 rings (SSSR count). The lowest BCUT2D eigenvalue weighted by Crippen LogP contribution is -2.15. The summed E-state index contributed by atoms with van der Waals surface area (Å²) in [7, 11) is 3.55. The first-order valence-corrected chi connectivity index (χ1v) is 8.44. The Balaban J connectivity index is 2.06. The molecular formula is C21H21N3O3. The Morgan fingerprint density at radius 3 is 2.74 bits per heavy atom. The van der Waals surface area contributed by atoms with Crippen molar-refractivity contribution < 1.29 is 14.7 Å². The van der Waals surface area contributed by atoms with Gasteiger partial charge >= 0.3 is 0 Å². The SMILES string of the molecule is COc1ccc(N(C)c2cc(C)nc3ccccc23)cc1/C=C/C(=O)NO. The molecule has 6 nitrogen and oxygen atoms in total. The summed E-state index contributed by atoms with van der Waals surface area (Å²) in [5, 5.41) is 9.72. The quantitative estimate of drug-likeness (QED) is 0.409. The molecule has 0 bridgehead atoms. The van der Waals surface area contributed by atoms with E-state index < -0.39 is 5.91 Å². The second-order valence-corrected chi connectivity index (χ2v) is 6.09. The fourth-order valence-corrected chi connectivity index (χ4v) is 2.97. The maximum atomic E-state index is 11.3. The van der Waals surface area contributed by atoms with Gasteiger partial charge in [0.1, 0.15) is 5.75 Å². The minimum atomic E-state index is -0.605. The molecule has 2 N–H and O–H groups in total. The van der Waals surface area contributed by atoms with Crippen molar-refractivity contribution in [2.24, 2.45) is 0 Å². The molecule has 0 atom stereocenters. The maximum Gasteiger partial charge on any atom is 0.267 e. The van der Waals surface area contributed by atoms with Gasteiger partial charge < -0.3 is 9.64 Å². The lowest BCUT2D eigenvalue weighted by atomic mass is 10.1. The van der Waals surface area contributed by atoms with Gasteiger partial charge in [0.25, 0.3) is 5.91 Å². The van der Waals surface area contributed by atoms with Crippen LogP contribution in [0.25, 0.3) is 17.0 Å². The van der Waals surface area contributed by atoms with Crippen LogP contribution < -0.4 is 15.1 Å². The van der Waals surface area contributed by atoms with Crippen molar-refractivity contribution in [2.75, 3.05) is 19.1 Å². The van der Waals surface area contributed by atoms with E-state index >= 15 is 0 Å². The van der Waals surface area contributed by atoms with Gasteiger partial charge in [0, 0.05) is 35.5 Å². The number of carbonyl (C=O) groups excluding carboxylic acids is 1. The lowest BCUT2D eigenvalue weighted by Gasteiger charge is -2.23. The van der Waals surface area contributed by atoms with Crippen molar-refractivity contribution in [1.29, 1.82) is 0 Å². The number of benzene rings is 2. The van der Waals surface area contributed by atoms with Gasteiger partial charge in [-0.1, -0.05) is 18.2 Å². The van der Waals surface area contributed by atoms with Gasteiger partial charge in [-0.25, -0.2) is 5.48 Å². The van der Waals surface area contributed by atoms with E-state index in [1.165, 1.54) is 6.08 Å². The summed E-state index contributed by atoms with van der Waals surface area (Å²) in [6, 6.07) is 15.8. The van der Waals surface area contributed by atoms with E-state index in [4.69, 9.17) is 9.94 Å². The second kappa shape index (κ2) is 7.88. The van der Waals surface area contributed by atoms with Crippen molar-refractivity contribution in [3.8, 4) is 5.75 Å². The fourth-order valence-electron chi connectivity index (χ4n) is 2.97. The monoisotopic (exact) mass is 363 g/mol. The Bertz CT molecular complexity index is 1010. The molecule has 0 aliphatic heterocycles. The highest BCUT2D eigenvalue weighted by molar-refractivity contribution is 5.94. The molecule has 0 saturated heterocycles. The zero-order valence-electron chi connectivity index (χ0n) is 15.4. The maximum absolute atomic E-state index is 11.3. The van der Waals surface area contributed by atoms with Crippen LogP contribution in [0.2, 0.25) is 0 Å². The molecule has 6 heteroatoms. The normalized spacial score (nSPS) is 11.0. The van der Waals surface area contributed by atoms with Gasteiger partial charge in [-0.05, 0) is 43.3 Å². The largest absolute Gasteiger partial charge is 0.496 e. The number of para-hydroxylation sites is 1. The van der Waals surface area contributed by atoms with Crippen molar-refractivity contribution >= 4 is 34.3 Å². The van der Waals surface area contributed by atoms with Crippen molar-refractivity contribution in [3.63, 3.8) is 0 Å². The van der Waals surface area contributed by atoms with Crippen LogP contribution in [0.5, 0.6) is 5.75 Å². The molecule has 2 aromatic carbocycles. The van der Waals surface area contributed by atoms with Crippen molar-refractivity contribution in [1.82, 2.24) is 10.5 Å². The summed E-state index contributed by atoms with van der Waals surface area (Å²) in [4.78, 5) is 18.0. The smallest absolute Gasteiger partial charge is 0.267 e. The Labute approximate surface area is 157 Å². The van der Waals surface area contributed by atoms with Crippen LogP contribution in [-0.2, 0) is 4.79 Å². The number of hydrogen-bond donors (Lipinski definition) is 2. The third-order valence-corrected chi connectivity index (χ3v) is 4.31. The van der Waals surface area contributed by atoms with Crippen LogP contribution >= 0.6 is 0 Å². The number of ether oxygens (including phenoxy) is 1. The number of amides is 1. The molecule has 0 aliphatic rings. The number of fused-ring (bicyclic) bond motifs is 1. The van der Waals surface area contributed by atoms with Crippen LogP contribution in [0.3, 0.4) is 0 Å². The first kappa shape index (κ1) is 18.4. The van der Waals surface area contributed by atoms with Crippen LogP contribution in [0.15, 0.2) is 54.6 Å². The van der Waals surface area contributed by atoms with Crippen LogP contribution in [0.4, 0.5) is 11.4 Å². The summed E-state index contributed by atoms with van der Waals surface area (Å²) in [5.74, 6) is 0.0245. The minimum Gasteiger partial charge on any atom is -0.496 e. The average molecular weight is 363 g/mol. The van der Waals surface area contributed by atoms with E-state index in [-0.39, 0.29) is 0 Å². The predicted molar refractivity (Wildman–Crippen MR) is 107 cm³/mol. The number of aryl methyl sites for hydroxylation is 1. The summed E-state index contributed by atoms with van der Waals surface area (Å²) >= 11 is 0. The zero-order valence-corrected chi connectivity index (χ0v) is 15.4. The molecule has 0 radical (unpaired) electrons. The molecule has 0 unspecified atom stereocenters. The molecule has 138 valence electrons. The fraction of sp³-hybridized carbons (Fsp3) is 0.143. The van der Waals surface area contributed by atoms with E-state index in [0.29, 0.717) is 5.75 Å². The van der Waals surface area contributed by atoms with Gasteiger partial charge in [0.05, 0.1) is 18.3 Å². The number of aromatic nitrogens is 1. The van der Waals surface area contributed by atoms with E-state index in [0.717, 1.165) is 33.5 Å². The Kier molecular flexibility index (Phi) is 5.38. The summed E-state index contributed by atoms with van der Waals surface area (Å²) in [5.41, 5.74) is 6.13. The number of methoxy groups -OCH3 is 1. The minimum absolute atomic E-state index is 0.605. The van der Waals surface area contributed by atoms with Crippen LogP contribution in [0.1, 0.15) is 11.3 Å². The molecule has 1 aromatic heterocycles. The van der Waals surface area contributed by atoms with E-state index in [1.54, 1.807) is 18.7 Å². The van der Waals surface area contributed by atoms with Gasteiger partial charge in [-0.2, -0.15) is 0 Å². The molecular weight excluding hydrogens is 342 g/mol. The van der Waals surface area contributed by atoms with Gasteiger partial charge in [-0.3, -0.25) is 15.0 Å². The van der Waals surface area contributed by atoms with Crippen molar-refractivity contribution in [2.45, 2.75) is 6.92 Å². The Hall–Kier alpha value is -3.38. The standard InChI is InChI=1S/C21H21N3O3/c1-14-12-19(17-6-4-5-7-18(17)22-14)24(2)16-9-10-20(27-3)15(13-16)8-11-21(25)23-26/h4-13,26H,1-3H3,(H,23,25)/b11-8+. The van der Waals surface area contributed by atoms with Crippen molar-refractivity contribution in [3.05, 3.63) is 65.9 Å². The molecule has 1 heterocycles. The number of rotatable bonds is 5. The molecule has 27 heavy (non-hydrogen) atoms. The molecule has 3 aromatic rings. The lowest BCUT2D eigenvalue weighted by molar-refractivity contribution is -0.124. The highest BCUT2D eigenvalue weighted by Gasteiger charge is 2.12. The number of pyridine rings is 1. The average Bonchev–Trinajstić information content (AvgIpc) is 2.70. The van der Waals surface area contributed by atoms with Crippen LogP contribution in [-0.4, -0.2) is 30.3 Å². The Morgan fingerprint density at radius 1 is 1.22 bits per heavy atom. The summed E-state index contributed by atoms with van der Waals surface area (Å²) < 4.78 is 5.37. The Morgan fingerprint density at radius 2 is 2.00 bits per heavy atom. The van der Waals surface area contributed by atoms with Crippen LogP contribution in [0, 0.1) is 6.92 Å². The van der Waals surface area contributed by atoms with Gasteiger partial charge in [-0.15, -0.1) is 0 Å². The summed E-state index contributed by atoms with van der Waals surface area (Å²) in [6.45, 7) is 1.97. The van der Waals surface area contributed by atoms with E-state index in [2.05, 4.69) is 9.88 Å². The van der Waals surface area contributed by atoms with E-state index in [9.17, 15) is 4.79 Å². The second-order valence-electron chi connectivity index (χ2n) is 6.09. The number of nitrogens with one attached hydrogen (secondary N) is 1. The summed E-state index contributed by atoms with van der Waals surface area (Å²) in [6.07, 6.45) is 2.84. The number of hydroxylamine groups is 1. The number of nitrogens with zero attached hydrogens (tertiary/aromatic N) is 2. The third kappa shape index (κ3) is 3.91. The number of anilines is 2. The number of carbonyl (C=O) groups is 1. The van der Waals surface area contributed by atoms with E-state index in [1.807, 2.05) is 62.5 Å². The topological polar surface area (TPSA) is 74.7 Å².